The van der Waals surface area contributed by atoms with Gasteiger partial charge in [0.05, 0.1) is 37.1 Å². The second-order valence-corrected chi connectivity index (χ2v) is 20.6. The predicted molar refractivity (Wildman–Crippen MR) is 298 cm³/mol. The Balaban J connectivity index is 3.38. The Hall–Kier alpha value is -6.82. The Bertz CT molecular complexity index is 2200. The second kappa shape index (κ2) is 37.9. The van der Waals surface area contributed by atoms with E-state index in [0.29, 0.717) is 57.1 Å². The predicted octanol–water partition coefficient (Wildman–Crippen LogP) is 1.40. The van der Waals surface area contributed by atoms with Crippen LogP contribution in [-0.4, -0.2) is 136 Å². The van der Waals surface area contributed by atoms with E-state index in [9.17, 15) is 63.3 Å². The first-order chi connectivity index (χ1) is 37.3. The summed E-state index contributed by atoms with van der Waals surface area (Å²) in [6, 6.07) is 3.28. The summed E-state index contributed by atoms with van der Waals surface area (Å²) in [4.78, 5) is 143. The molecule has 0 saturated heterocycles. The molecule has 0 aliphatic carbocycles. The molecule has 0 unspecified atom stereocenters. The molecular weight excluding hydrogens is 1020 g/mol. The molecule has 0 saturated carbocycles. The van der Waals surface area contributed by atoms with E-state index in [1.165, 1.54) is 6.92 Å². The lowest BCUT2D eigenvalue weighted by atomic mass is 9.83. The highest BCUT2D eigenvalue weighted by molar-refractivity contribution is 5.99. The molecule has 0 aliphatic heterocycles. The van der Waals surface area contributed by atoms with E-state index < -0.39 is 145 Å². The number of amides is 4. The van der Waals surface area contributed by atoms with Gasteiger partial charge in [-0.15, -0.1) is 0 Å². The normalized spacial score (nSPS) is 15.3. The lowest BCUT2D eigenvalue weighted by molar-refractivity contribution is -0.146. The summed E-state index contributed by atoms with van der Waals surface area (Å²) in [5, 5.41) is 40.7. The van der Waals surface area contributed by atoms with Crippen molar-refractivity contribution in [2.24, 2.45) is 80.1 Å². The van der Waals surface area contributed by atoms with Gasteiger partial charge in [0.25, 0.3) is 0 Å². The van der Waals surface area contributed by atoms with Crippen LogP contribution in [0.2, 0.25) is 0 Å². The van der Waals surface area contributed by atoms with Crippen molar-refractivity contribution in [2.75, 3.05) is 26.2 Å². The van der Waals surface area contributed by atoms with Gasteiger partial charge in [-0.2, -0.15) is 0 Å². The number of unbranched alkanes of at least 4 members (excludes halogenated alkanes) is 1. The molecule has 24 heteroatoms. The van der Waals surface area contributed by atoms with Gasteiger partial charge in [0, 0.05) is 62.4 Å². The lowest BCUT2D eigenvalue weighted by Crippen LogP contribution is -2.50. The highest BCUT2D eigenvalue weighted by Crippen LogP contribution is 2.25. The van der Waals surface area contributed by atoms with Crippen molar-refractivity contribution in [3.05, 3.63) is 35.9 Å². The molecule has 1 aromatic carbocycles. The Kier molecular flexibility index (Phi) is 33.7. The molecule has 1 rings (SSSR count). The second-order valence-electron chi connectivity index (χ2n) is 20.6. The molecule has 0 fully saturated rings. The topological polar surface area (TPSA) is 434 Å². The number of benzene rings is 1. The van der Waals surface area contributed by atoms with Crippen LogP contribution in [-0.2, 0) is 54.4 Å². The highest BCUT2D eigenvalue weighted by Gasteiger charge is 2.37. The summed E-state index contributed by atoms with van der Waals surface area (Å²) < 4.78 is 0. The van der Waals surface area contributed by atoms with Crippen molar-refractivity contribution in [3.63, 3.8) is 0 Å². The number of carboxylic acids is 2. The number of hydrogen-bond acceptors (Lipinski definition) is 14. The number of nitrogens with two attached hydrogens (primary N) is 5. The maximum atomic E-state index is 14.2. The first kappa shape index (κ1) is 70.2. The van der Waals surface area contributed by atoms with E-state index in [0.717, 1.165) is 0 Å². The van der Waals surface area contributed by atoms with Crippen LogP contribution in [0.25, 0.3) is 0 Å². The van der Waals surface area contributed by atoms with Crippen LogP contribution >= 0.6 is 0 Å². The molecule has 0 aromatic heterocycles. The summed E-state index contributed by atoms with van der Waals surface area (Å²) >= 11 is 0. The Morgan fingerprint density at radius 3 is 1.53 bits per heavy atom. The van der Waals surface area contributed by atoms with Gasteiger partial charge in [0.15, 0.2) is 35.1 Å². The SMILES string of the molecule is CC[C@@H](CCCCN)C(=O)N[C@@H](CCCN=C(N)N)C(=O)C[C@@H](CCCN=C(N)N)C(=O)N[C@@H](CO)C(=O)C[C@@H](C)C(=O)N[C@@H](CC(=O)O)C(=O)C[C@H](C(=O)N[C@@H](Cc1ccccc1)C(=O)C[C@H](C(=O)O)[C@@H](C)CC)[C@@H](C)CC. The van der Waals surface area contributed by atoms with E-state index in [4.69, 9.17) is 28.7 Å². The number of ketones is 4. The van der Waals surface area contributed by atoms with Crippen LogP contribution in [0.3, 0.4) is 0 Å². The summed E-state index contributed by atoms with van der Waals surface area (Å²) in [5.41, 5.74) is 28.3. The van der Waals surface area contributed by atoms with Crippen LogP contribution in [0, 0.1) is 41.4 Å². The number of rotatable bonds is 43. The monoisotopic (exact) mass is 1110 g/mol. The number of nitrogens with one attached hydrogen (secondary N) is 4. The molecule has 79 heavy (non-hydrogen) atoms. The molecule has 0 radical (unpaired) electrons. The number of carbonyl (C=O) groups excluding carboxylic acids is 8. The van der Waals surface area contributed by atoms with Crippen molar-refractivity contribution < 1.29 is 63.3 Å². The van der Waals surface area contributed by atoms with Crippen LogP contribution in [0.15, 0.2) is 40.3 Å². The molecule has 1 aromatic rings. The van der Waals surface area contributed by atoms with Crippen molar-refractivity contribution in [2.45, 2.75) is 168 Å². The largest absolute Gasteiger partial charge is 0.481 e. The average molecular weight is 1110 g/mol. The zero-order valence-electron chi connectivity index (χ0n) is 47.1. The number of aliphatic hydroxyl groups excluding tert-OH is 1. The fourth-order valence-corrected chi connectivity index (χ4v) is 8.95. The molecule has 0 aliphatic rings. The smallest absolute Gasteiger partial charge is 0.307 e. The molecule has 444 valence electrons. The van der Waals surface area contributed by atoms with Gasteiger partial charge in [-0.1, -0.05) is 91.1 Å². The third-order valence-corrected chi connectivity index (χ3v) is 14.4. The van der Waals surface area contributed by atoms with Crippen LogP contribution in [0.1, 0.15) is 143 Å². The zero-order valence-corrected chi connectivity index (χ0v) is 47.1. The van der Waals surface area contributed by atoms with E-state index in [1.54, 1.807) is 51.1 Å². The number of carbonyl (C=O) groups is 10. The summed E-state index contributed by atoms with van der Waals surface area (Å²) in [5.74, 6) is -14.2. The van der Waals surface area contributed by atoms with Gasteiger partial charge in [0.2, 0.25) is 23.6 Å². The van der Waals surface area contributed by atoms with E-state index >= 15 is 0 Å². The van der Waals surface area contributed by atoms with Gasteiger partial charge in [-0.3, -0.25) is 57.9 Å². The fourth-order valence-electron chi connectivity index (χ4n) is 8.95. The standard InChI is InChI=1S/C55H91N11O13/c1-7-32(4)38(52(77)65-41(26-35-17-11-10-12-18-35)47(71)29-39(53(78)79)33(5)8-2)28-46(70)42(30-48(72)73)64-49(74)34(6)25-44(68)43(31-67)66-51(76)37(20-15-23-61-54(57)58)27-45(69)40(21-16-24-62-55(59)60)63-50(75)36(9-3)19-13-14-22-56/h10-12,17-18,32-34,36-43,67H,7-9,13-16,19-31,56H2,1-6H3,(H,63,75)(H,64,74)(H,65,77)(H,66,76)(H,72,73)(H,78,79)(H4,57,58,61)(H4,59,60,62)/t32-,33-,34+,36-,37+,38-,39-,40-,41-,42-,43-/m0/s1. The fraction of sp³-hybridized carbons (Fsp3) is 0.673. The zero-order chi connectivity index (χ0) is 59.8. The molecule has 0 bridgehead atoms. The highest BCUT2D eigenvalue weighted by atomic mass is 16.4. The maximum Gasteiger partial charge on any atom is 0.307 e. The number of aliphatic imine (C=N–C) groups is 2. The molecule has 0 spiro atoms. The number of aliphatic carboxylic acids is 2. The first-order valence-electron chi connectivity index (χ1n) is 27.6. The number of carboxylic acid groups (broad SMARTS) is 2. The number of aliphatic hydroxyl groups is 1. The minimum absolute atomic E-state index is 0.0246. The number of Topliss-reactive ketones (excluding diaryl/α,β-unsaturated/α-hetero) is 4. The number of nitrogens with zero attached hydrogens (tertiary/aromatic N) is 2. The van der Waals surface area contributed by atoms with Crippen molar-refractivity contribution in [1.82, 2.24) is 21.3 Å². The van der Waals surface area contributed by atoms with Gasteiger partial charge in [-0.05, 0) is 75.3 Å². The lowest BCUT2D eigenvalue weighted by Gasteiger charge is -2.28. The van der Waals surface area contributed by atoms with Gasteiger partial charge in [0.1, 0.15) is 6.04 Å². The van der Waals surface area contributed by atoms with E-state index in [1.807, 2.05) is 13.8 Å². The Morgan fingerprint density at radius 1 is 0.519 bits per heavy atom. The van der Waals surface area contributed by atoms with Crippen molar-refractivity contribution >= 4 is 70.6 Å². The summed E-state index contributed by atoms with van der Waals surface area (Å²) in [6.45, 7) is 9.93. The van der Waals surface area contributed by atoms with Crippen molar-refractivity contribution in [1.29, 1.82) is 0 Å². The minimum atomic E-state index is -1.68. The van der Waals surface area contributed by atoms with E-state index in [2.05, 4.69) is 31.3 Å². The third kappa shape index (κ3) is 27.1. The van der Waals surface area contributed by atoms with Crippen molar-refractivity contribution in [3.8, 4) is 0 Å². The van der Waals surface area contributed by atoms with Gasteiger partial charge in [-0.25, -0.2) is 0 Å². The summed E-state index contributed by atoms with van der Waals surface area (Å²) in [6.07, 6.45) is 1.18. The summed E-state index contributed by atoms with van der Waals surface area (Å²) in [7, 11) is 0. The first-order valence-corrected chi connectivity index (χ1v) is 27.6. The molecule has 11 atom stereocenters. The maximum absolute atomic E-state index is 14.2. The van der Waals surface area contributed by atoms with Crippen LogP contribution in [0.4, 0.5) is 0 Å². The third-order valence-electron chi connectivity index (χ3n) is 14.4. The Morgan fingerprint density at radius 2 is 1.00 bits per heavy atom. The van der Waals surface area contributed by atoms with Crippen LogP contribution < -0.4 is 49.9 Å². The van der Waals surface area contributed by atoms with Gasteiger partial charge < -0.3 is 65.3 Å². The molecular formula is C55H91N11O13. The Labute approximate surface area is 464 Å². The molecule has 24 nitrogen and oxygen atoms in total. The van der Waals surface area contributed by atoms with Gasteiger partial charge >= 0.3 is 11.9 Å². The average Bonchev–Trinajstić information content (AvgIpc) is 3.40. The molecule has 17 N–H and O–H groups in total. The quantitative estimate of drug-likeness (QED) is 0.0250. The molecule has 0 heterocycles. The molecule has 4 amide bonds. The number of guanidine groups is 2. The minimum Gasteiger partial charge on any atom is -0.481 e. The van der Waals surface area contributed by atoms with Crippen LogP contribution in [0.5, 0.6) is 0 Å². The number of hydrogen-bond donors (Lipinski definition) is 12. The van der Waals surface area contributed by atoms with E-state index in [-0.39, 0.29) is 68.9 Å².